The van der Waals surface area contributed by atoms with E-state index >= 15 is 0 Å². The zero-order valence-electron chi connectivity index (χ0n) is 11.3. The molecule has 0 fully saturated rings. The molecule has 0 aromatic heterocycles. The number of carboxylic acid groups (broad SMARTS) is 1. The first-order valence-corrected chi connectivity index (χ1v) is 7.08. The van der Waals surface area contributed by atoms with Crippen molar-refractivity contribution in [1.29, 1.82) is 5.26 Å². The Bertz CT molecular complexity index is 537. The monoisotopic (exact) mass is 292 g/mol. The highest BCUT2D eigenvalue weighted by Crippen LogP contribution is 2.22. The molecule has 0 aliphatic heterocycles. The van der Waals surface area contributed by atoms with Crippen LogP contribution in [-0.2, 0) is 4.79 Å². The topological polar surface area (TPSA) is 90.2 Å². The lowest BCUT2D eigenvalue weighted by molar-refractivity contribution is -0.140. The molecule has 20 heavy (non-hydrogen) atoms. The normalized spacial score (nSPS) is 11.7. The predicted octanol–water partition coefficient (Wildman–Crippen LogP) is 2.14. The Morgan fingerprint density at radius 3 is 2.60 bits per heavy atom. The van der Waals surface area contributed by atoms with E-state index in [-0.39, 0.29) is 11.7 Å². The van der Waals surface area contributed by atoms with Crippen LogP contribution in [0.3, 0.4) is 0 Å². The van der Waals surface area contributed by atoms with E-state index in [4.69, 9.17) is 10.4 Å². The van der Waals surface area contributed by atoms with Crippen LogP contribution in [-0.4, -0.2) is 28.8 Å². The van der Waals surface area contributed by atoms with E-state index in [1.54, 1.807) is 38.1 Å². The fourth-order valence-corrected chi connectivity index (χ4v) is 2.33. The van der Waals surface area contributed by atoms with Gasteiger partial charge in [0.15, 0.2) is 0 Å². The molecule has 0 saturated heterocycles. The molecule has 0 heterocycles. The van der Waals surface area contributed by atoms with Crippen LogP contribution in [0.4, 0.5) is 0 Å². The van der Waals surface area contributed by atoms with Crippen LogP contribution in [0, 0.1) is 17.2 Å². The number of carboxylic acids is 1. The maximum absolute atomic E-state index is 12.2. The standard InChI is InChI=1S/C14H16N2O3S/c1-9(2)12(14(18)19)16-13(17)10-5-3-4-6-11(10)20-8-7-15/h3-6,9,12H,8H2,1-2H3,(H,16,17)(H,18,19)/t12-/m0/s1. The van der Waals surface area contributed by atoms with E-state index < -0.39 is 17.9 Å². The van der Waals surface area contributed by atoms with Gasteiger partial charge in [-0.2, -0.15) is 5.26 Å². The van der Waals surface area contributed by atoms with Gasteiger partial charge in [-0.15, -0.1) is 11.8 Å². The summed E-state index contributed by atoms with van der Waals surface area (Å²) in [7, 11) is 0. The summed E-state index contributed by atoms with van der Waals surface area (Å²) in [6.07, 6.45) is 0. The van der Waals surface area contributed by atoms with E-state index in [0.29, 0.717) is 10.5 Å². The van der Waals surface area contributed by atoms with Crippen molar-refractivity contribution < 1.29 is 14.7 Å². The second-order valence-electron chi connectivity index (χ2n) is 4.48. The van der Waals surface area contributed by atoms with Gasteiger partial charge in [0, 0.05) is 4.90 Å². The minimum Gasteiger partial charge on any atom is -0.480 e. The van der Waals surface area contributed by atoms with E-state index in [2.05, 4.69) is 5.32 Å². The summed E-state index contributed by atoms with van der Waals surface area (Å²) in [4.78, 5) is 23.9. The van der Waals surface area contributed by atoms with Crippen molar-refractivity contribution in [3.8, 4) is 6.07 Å². The van der Waals surface area contributed by atoms with Crippen molar-refractivity contribution in [2.45, 2.75) is 24.8 Å². The second kappa shape index (κ2) is 7.56. The summed E-state index contributed by atoms with van der Waals surface area (Å²) in [6, 6.07) is 7.90. The average molecular weight is 292 g/mol. The molecule has 6 heteroatoms. The molecule has 0 unspecified atom stereocenters. The number of rotatable bonds is 6. The van der Waals surface area contributed by atoms with Crippen molar-refractivity contribution in [2.24, 2.45) is 5.92 Å². The first-order valence-electron chi connectivity index (χ1n) is 6.09. The van der Waals surface area contributed by atoms with Gasteiger partial charge in [-0.05, 0) is 18.1 Å². The summed E-state index contributed by atoms with van der Waals surface area (Å²) in [5.74, 6) is -1.48. The molecule has 0 bridgehead atoms. The van der Waals surface area contributed by atoms with Gasteiger partial charge in [0.2, 0.25) is 0 Å². The summed E-state index contributed by atoms with van der Waals surface area (Å²) >= 11 is 1.25. The lowest BCUT2D eigenvalue weighted by Gasteiger charge is -2.18. The first kappa shape index (κ1) is 16.1. The van der Waals surface area contributed by atoms with Gasteiger partial charge in [0.05, 0.1) is 17.4 Å². The average Bonchev–Trinajstić information content (AvgIpc) is 2.41. The third-order valence-electron chi connectivity index (χ3n) is 2.64. The van der Waals surface area contributed by atoms with Gasteiger partial charge >= 0.3 is 5.97 Å². The predicted molar refractivity (Wildman–Crippen MR) is 76.5 cm³/mol. The molecule has 1 atom stereocenters. The molecule has 1 aromatic rings. The summed E-state index contributed by atoms with van der Waals surface area (Å²) < 4.78 is 0. The van der Waals surface area contributed by atoms with Crippen LogP contribution in [0.5, 0.6) is 0 Å². The number of aliphatic carboxylic acids is 1. The zero-order chi connectivity index (χ0) is 15.1. The third kappa shape index (κ3) is 4.28. The van der Waals surface area contributed by atoms with E-state index in [0.717, 1.165) is 0 Å². The Morgan fingerprint density at radius 1 is 1.40 bits per heavy atom. The number of nitrogens with zero attached hydrogens (tertiary/aromatic N) is 1. The molecule has 0 aliphatic rings. The molecular weight excluding hydrogens is 276 g/mol. The Labute approximate surface area is 122 Å². The van der Waals surface area contributed by atoms with Crippen LogP contribution in [0.15, 0.2) is 29.2 Å². The number of carbonyl (C=O) groups is 2. The molecule has 0 aliphatic carbocycles. The van der Waals surface area contributed by atoms with Crippen molar-refractivity contribution in [3.05, 3.63) is 29.8 Å². The molecule has 0 spiro atoms. The van der Waals surface area contributed by atoms with Crippen molar-refractivity contribution in [2.75, 3.05) is 5.75 Å². The van der Waals surface area contributed by atoms with Crippen molar-refractivity contribution >= 4 is 23.6 Å². The fraction of sp³-hybridized carbons (Fsp3) is 0.357. The van der Waals surface area contributed by atoms with Gasteiger partial charge in [-0.1, -0.05) is 26.0 Å². The highest BCUT2D eigenvalue weighted by Gasteiger charge is 2.24. The second-order valence-corrected chi connectivity index (χ2v) is 5.49. The minimum absolute atomic E-state index is 0.213. The van der Waals surface area contributed by atoms with E-state index in [1.165, 1.54) is 11.8 Å². The van der Waals surface area contributed by atoms with Gasteiger partial charge in [-0.25, -0.2) is 4.79 Å². The first-order chi connectivity index (χ1) is 9.47. The summed E-state index contributed by atoms with van der Waals surface area (Å²) in [5.41, 5.74) is 0.389. The van der Waals surface area contributed by atoms with Crippen LogP contribution in [0.2, 0.25) is 0 Å². The molecular formula is C14H16N2O3S. The Kier molecular flexibility index (Phi) is 6.07. The molecule has 0 saturated carbocycles. The Hall–Kier alpha value is -2.00. The highest BCUT2D eigenvalue weighted by atomic mass is 32.2. The smallest absolute Gasteiger partial charge is 0.326 e. The number of carbonyl (C=O) groups excluding carboxylic acids is 1. The van der Waals surface area contributed by atoms with Crippen LogP contribution in [0.1, 0.15) is 24.2 Å². The van der Waals surface area contributed by atoms with Crippen molar-refractivity contribution in [3.63, 3.8) is 0 Å². The largest absolute Gasteiger partial charge is 0.480 e. The van der Waals surface area contributed by atoms with E-state index in [1.807, 2.05) is 6.07 Å². The third-order valence-corrected chi connectivity index (χ3v) is 3.58. The Morgan fingerprint density at radius 2 is 2.05 bits per heavy atom. The molecule has 2 N–H and O–H groups in total. The van der Waals surface area contributed by atoms with Crippen LogP contribution in [0.25, 0.3) is 0 Å². The lowest BCUT2D eigenvalue weighted by Crippen LogP contribution is -2.44. The number of nitriles is 1. The number of nitrogens with one attached hydrogen (secondary N) is 1. The maximum Gasteiger partial charge on any atom is 0.326 e. The van der Waals surface area contributed by atoms with Gasteiger partial charge in [0.25, 0.3) is 5.91 Å². The zero-order valence-corrected chi connectivity index (χ0v) is 12.1. The van der Waals surface area contributed by atoms with E-state index in [9.17, 15) is 9.59 Å². The Balaban J connectivity index is 2.92. The van der Waals surface area contributed by atoms with Crippen LogP contribution >= 0.6 is 11.8 Å². The number of amides is 1. The molecule has 5 nitrogen and oxygen atoms in total. The number of hydrogen-bond donors (Lipinski definition) is 2. The number of hydrogen-bond acceptors (Lipinski definition) is 4. The number of thioether (sulfide) groups is 1. The van der Waals surface area contributed by atoms with Gasteiger partial charge < -0.3 is 10.4 Å². The van der Waals surface area contributed by atoms with Crippen molar-refractivity contribution in [1.82, 2.24) is 5.32 Å². The molecule has 106 valence electrons. The number of benzene rings is 1. The quantitative estimate of drug-likeness (QED) is 0.784. The highest BCUT2D eigenvalue weighted by molar-refractivity contribution is 7.99. The van der Waals surface area contributed by atoms with Gasteiger partial charge in [0.1, 0.15) is 6.04 Å². The minimum atomic E-state index is -1.06. The SMILES string of the molecule is CC(C)[C@H](NC(=O)c1ccccc1SCC#N)C(=O)O. The molecule has 1 rings (SSSR count). The summed E-state index contributed by atoms with van der Waals surface area (Å²) in [6.45, 7) is 3.46. The molecule has 0 radical (unpaired) electrons. The fourth-order valence-electron chi connectivity index (χ4n) is 1.62. The van der Waals surface area contributed by atoms with Crippen LogP contribution < -0.4 is 5.32 Å². The van der Waals surface area contributed by atoms with Gasteiger partial charge in [-0.3, -0.25) is 4.79 Å². The maximum atomic E-state index is 12.2. The summed E-state index contributed by atoms with van der Waals surface area (Å²) in [5, 5.41) is 20.2. The molecule has 1 aromatic carbocycles. The lowest BCUT2D eigenvalue weighted by atomic mass is 10.0. The molecule has 1 amide bonds.